The van der Waals surface area contributed by atoms with E-state index in [1.54, 1.807) is 45.2 Å². The minimum Gasteiger partial charge on any atom is -0.342 e. The molecule has 0 radical (unpaired) electrons. The molecule has 0 amide bonds. The Kier molecular flexibility index (Phi) is 5.40. The van der Waals surface area contributed by atoms with Gasteiger partial charge in [0.15, 0.2) is 5.65 Å². The van der Waals surface area contributed by atoms with E-state index in [9.17, 15) is 12.8 Å². The lowest BCUT2D eigenvalue weighted by molar-refractivity contribution is 0.368. The molecule has 0 spiro atoms. The largest absolute Gasteiger partial charge is 0.342 e. The average Bonchev–Trinajstić information content (AvgIpc) is 3.11. The van der Waals surface area contributed by atoms with Gasteiger partial charge in [0.2, 0.25) is 10.0 Å². The van der Waals surface area contributed by atoms with Crippen LogP contribution >= 0.6 is 0 Å². The molecule has 1 fully saturated rings. The van der Waals surface area contributed by atoms with Gasteiger partial charge in [-0.05, 0) is 70.6 Å². The van der Waals surface area contributed by atoms with E-state index in [2.05, 4.69) is 19.7 Å². The summed E-state index contributed by atoms with van der Waals surface area (Å²) in [5.74, 6) is -0.0220. The van der Waals surface area contributed by atoms with Gasteiger partial charge in [-0.1, -0.05) is 12.1 Å². The maximum absolute atomic E-state index is 14.1. The zero-order valence-corrected chi connectivity index (χ0v) is 18.3. The van der Waals surface area contributed by atoms with Gasteiger partial charge in [-0.2, -0.15) is 0 Å². The molecule has 4 rings (SSSR count). The molecule has 0 aliphatic heterocycles. The fourth-order valence-electron chi connectivity index (χ4n) is 3.86. The first-order chi connectivity index (χ1) is 14.1. The van der Waals surface area contributed by atoms with Crippen LogP contribution in [0.2, 0.25) is 0 Å². The summed E-state index contributed by atoms with van der Waals surface area (Å²) in [7, 11) is -3.34. The summed E-state index contributed by atoms with van der Waals surface area (Å²) in [5, 5.41) is 0. The fraction of sp³-hybridized carbons (Fsp3) is 0.455. The van der Waals surface area contributed by atoms with Gasteiger partial charge < -0.3 is 4.98 Å². The van der Waals surface area contributed by atoms with Crippen molar-refractivity contribution < 1.29 is 12.8 Å². The first kappa shape index (κ1) is 20.9. The molecular formula is C22H27FN4O2S. The summed E-state index contributed by atoms with van der Waals surface area (Å²) < 4.78 is 40.9. The van der Waals surface area contributed by atoms with Crippen molar-refractivity contribution in [3.8, 4) is 11.3 Å². The Morgan fingerprint density at radius 3 is 2.50 bits per heavy atom. The minimum absolute atomic E-state index is 0.0289. The van der Waals surface area contributed by atoms with Crippen molar-refractivity contribution in [1.82, 2.24) is 19.7 Å². The Bertz CT molecular complexity index is 1160. The van der Waals surface area contributed by atoms with Crippen molar-refractivity contribution >= 4 is 21.2 Å². The molecule has 2 aromatic heterocycles. The van der Waals surface area contributed by atoms with Gasteiger partial charge >= 0.3 is 0 Å². The number of hydrogen-bond donors (Lipinski definition) is 2. The maximum Gasteiger partial charge on any atom is 0.216 e. The Labute approximate surface area is 176 Å². The van der Waals surface area contributed by atoms with Crippen LogP contribution in [-0.2, 0) is 10.0 Å². The topological polar surface area (TPSA) is 87.7 Å². The van der Waals surface area contributed by atoms with Gasteiger partial charge in [0, 0.05) is 17.3 Å². The lowest BCUT2D eigenvalue weighted by atomic mass is 9.84. The third-order valence-electron chi connectivity index (χ3n) is 5.80. The minimum atomic E-state index is -3.34. The van der Waals surface area contributed by atoms with Gasteiger partial charge in [-0.25, -0.2) is 27.5 Å². The van der Waals surface area contributed by atoms with Crippen LogP contribution in [0.5, 0.6) is 0 Å². The Balaban J connectivity index is 1.48. The number of aromatic amines is 1. The molecule has 2 heterocycles. The molecule has 8 heteroatoms. The van der Waals surface area contributed by atoms with E-state index < -0.39 is 14.8 Å². The number of benzene rings is 1. The van der Waals surface area contributed by atoms with Crippen LogP contribution in [0.4, 0.5) is 4.39 Å². The van der Waals surface area contributed by atoms with Crippen LogP contribution in [0, 0.1) is 5.82 Å². The molecule has 6 nitrogen and oxygen atoms in total. The van der Waals surface area contributed by atoms with Gasteiger partial charge in [0.25, 0.3) is 0 Å². The van der Waals surface area contributed by atoms with Crippen molar-refractivity contribution in [3.63, 3.8) is 0 Å². The molecule has 3 aromatic rings. The SMILES string of the molecule is CC(C)(C)S(=O)(=O)NC1CCC(c2cc3nc(-c4ccccc4F)cnc3[nH]2)CC1. The summed E-state index contributed by atoms with van der Waals surface area (Å²) in [6, 6.07) is 8.49. The van der Waals surface area contributed by atoms with Crippen LogP contribution in [-0.4, -0.2) is 34.2 Å². The number of aromatic nitrogens is 3. The normalized spacial score (nSPS) is 20.5. The summed E-state index contributed by atoms with van der Waals surface area (Å²) in [6.45, 7) is 5.13. The maximum atomic E-state index is 14.1. The number of rotatable bonds is 4. The van der Waals surface area contributed by atoms with Crippen LogP contribution in [0.25, 0.3) is 22.4 Å². The fourth-order valence-corrected chi connectivity index (χ4v) is 4.89. The van der Waals surface area contributed by atoms with Crippen molar-refractivity contribution in [1.29, 1.82) is 0 Å². The van der Waals surface area contributed by atoms with Crippen molar-refractivity contribution in [2.75, 3.05) is 0 Å². The molecule has 0 bridgehead atoms. The average molecular weight is 431 g/mol. The molecule has 1 aliphatic carbocycles. The second-order valence-corrected chi connectivity index (χ2v) is 11.4. The van der Waals surface area contributed by atoms with E-state index in [-0.39, 0.29) is 11.9 Å². The first-order valence-electron chi connectivity index (χ1n) is 10.3. The van der Waals surface area contributed by atoms with Crippen molar-refractivity contribution in [2.24, 2.45) is 0 Å². The monoisotopic (exact) mass is 430 g/mol. The number of fused-ring (bicyclic) bond motifs is 1. The van der Waals surface area contributed by atoms with Crippen molar-refractivity contribution in [2.45, 2.75) is 63.2 Å². The molecular weight excluding hydrogens is 403 g/mol. The smallest absolute Gasteiger partial charge is 0.216 e. The standard InChI is InChI=1S/C22H27FN4O2S/c1-22(2,3)30(28,29)27-15-10-8-14(9-11-15)18-12-19-21(26-18)24-13-20(25-19)16-6-4-5-7-17(16)23/h4-7,12-15,27H,8-11H2,1-3H3,(H,24,26). The highest BCUT2D eigenvalue weighted by Gasteiger charge is 2.33. The number of halogens is 1. The Morgan fingerprint density at radius 2 is 1.83 bits per heavy atom. The third kappa shape index (κ3) is 4.11. The predicted octanol–water partition coefficient (Wildman–Crippen LogP) is 4.51. The molecule has 1 saturated carbocycles. The Morgan fingerprint density at radius 1 is 1.13 bits per heavy atom. The Hall–Kier alpha value is -2.32. The van der Waals surface area contributed by atoms with Crippen molar-refractivity contribution in [3.05, 3.63) is 48.0 Å². The highest BCUT2D eigenvalue weighted by atomic mass is 32.2. The second kappa shape index (κ2) is 7.74. The molecule has 1 aliphatic rings. The van der Waals surface area contributed by atoms with E-state index in [0.717, 1.165) is 31.4 Å². The number of hydrogen-bond acceptors (Lipinski definition) is 4. The summed E-state index contributed by atoms with van der Waals surface area (Å²) >= 11 is 0. The number of sulfonamides is 1. The molecule has 160 valence electrons. The highest BCUT2D eigenvalue weighted by Crippen LogP contribution is 2.34. The third-order valence-corrected chi connectivity index (χ3v) is 8.06. The molecule has 30 heavy (non-hydrogen) atoms. The number of nitrogens with zero attached hydrogens (tertiary/aromatic N) is 2. The van der Waals surface area contributed by atoms with E-state index in [1.165, 1.54) is 6.07 Å². The lowest BCUT2D eigenvalue weighted by Crippen LogP contribution is -2.45. The second-order valence-electron chi connectivity index (χ2n) is 8.98. The van der Waals surface area contributed by atoms with Crippen LogP contribution in [0.3, 0.4) is 0 Å². The van der Waals surface area contributed by atoms with E-state index in [4.69, 9.17) is 0 Å². The summed E-state index contributed by atoms with van der Waals surface area (Å²) in [5.41, 5.74) is 3.38. The zero-order valence-electron chi connectivity index (χ0n) is 17.4. The van der Waals surface area contributed by atoms with Gasteiger partial charge in [0.1, 0.15) is 11.3 Å². The summed E-state index contributed by atoms with van der Waals surface area (Å²) in [4.78, 5) is 12.4. The predicted molar refractivity (Wildman–Crippen MR) is 116 cm³/mol. The van der Waals surface area contributed by atoms with E-state index in [1.807, 2.05) is 6.07 Å². The molecule has 1 aromatic carbocycles. The quantitative estimate of drug-likeness (QED) is 0.638. The first-order valence-corrected chi connectivity index (χ1v) is 11.7. The van der Waals surface area contributed by atoms with Crippen LogP contribution < -0.4 is 4.72 Å². The van der Waals surface area contributed by atoms with E-state index in [0.29, 0.717) is 28.3 Å². The zero-order chi connectivity index (χ0) is 21.5. The number of H-pyrrole nitrogens is 1. The van der Waals surface area contributed by atoms with Crippen LogP contribution in [0.15, 0.2) is 36.5 Å². The lowest BCUT2D eigenvalue weighted by Gasteiger charge is -2.31. The van der Waals surface area contributed by atoms with E-state index >= 15 is 0 Å². The van der Waals surface area contributed by atoms with Crippen LogP contribution in [0.1, 0.15) is 58.1 Å². The van der Waals surface area contributed by atoms with Gasteiger partial charge in [0.05, 0.1) is 16.6 Å². The number of nitrogens with one attached hydrogen (secondary N) is 2. The highest BCUT2D eigenvalue weighted by molar-refractivity contribution is 7.90. The van der Waals surface area contributed by atoms with Gasteiger partial charge in [-0.15, -0.1) is 0 Å². The molecule has 0 saturated heterocycles. The van der Waals surface area contributed by atoms with Gasteiger partial charge in [-0.3, -0.25) is 0 Å². The summed E-state index contributed by atoms with van der Waals surface area (Å²) in [6.07, 6.45) is 4.92. The molecule has 2 N–H and O–H groups in total. The molecule has 0 unspecified atom stereocenters. The molecule has 0 atom stereocenters.